The van der Waals surface area contributed by atoms with Gasteiger partial charge in [-0.2, -0.15) is 4.57 Å². The van der Waals surface area contributed by atoms with E-state index in [9.17, 15) is 9.59 Å². The van der Waals surface area contributed by atoms with Gasteiger partial charge in [0.25, 0.3) is 11.5 Å². The lowest BCUT2D eigenvalue weighted by Crippen LogP contribution is -2.40. The van der Waals surface area contributed by atoms with Crippen LogP contribution in [0.5, 0.6) is 0 Å². The van der Waals surface area contributed by atoms with Gasteiger partial charge in [0.2, 0.25) is 6.54 Å². The number of nitrogens with zero attached hydrogens (tertiary/aromatic N) is 4. The van der Waals surface area contributed by atoms with E-state index in [0.717, 1.165) is 5.56 Å². The van der Waals surface area contributed by atoms with Crippen LogP contribution < -0.4 is 15.4 Å². The first-order valence-corrected chi connectivity index (χ1v) is 9.81. The Morgan fingerprint density at radius 2 is 1.90 bits per heavy atom. The number of pyridine rings is 1. The SMILES string of the molecule is O=C(C[n+]1cccc(Cn2nnc3ccccc3c2=O)c1)Nc1cccc(Cl)c1Cl. The number of halogens is 2. The van der Waals surface area contributed by atoms with Crippen molar-refractivity contribution in [3.05, 3.63) is 93.0 Å². The van der Waals surface area contributed by atoms with Crippen molar-refractivity contribution in [2.75, 3.05) is 5.32 Å². The van der Waals surface area contributed by atoms with Crippen LogP contribution in [0.25, 0.3) is 10.9 Å². The van der Waals surface area contributed by atoms with Gasteiger partial charge in [-0.3, -0.25) is 9.59 Å². The van der Waals surface area contributed by atoms with Crippen molar-refractivity contribution >= 4 is 45.7 Å². The molecule has 0 saturated heterocycles. The molecule has 0 bridgehead atoms. The second-order valence-corrected chi connectivity index (χ2v) is 7.39. The van der Waals surface area contributed by atoms with Crippen LogP contribution in [0.2, 0.25) is 10.0 Å². The molecule has 7 nitrogen and oxygen atoms in total. The van der Waals surface area contributed by atoms with Crippen LogP contribution in [0.3, 0.4) is 0 Å². The Hall–Kier alpha value is -3.29. The Labute approximate surface area is 181 Å². The number of benzene rings is 2. The molecule has 150 valence electrons. The maximum absolute atomic E-state index is 12.6. The first kappa shape index (κ1) is 20.0. The fourth-order valence-electron chi connectivity index (χ4n) is 3.02. The molecule has 0 fully saturated rings. The molecular formula is C21H16Cl2N5O2+. The molecule has 2 heterocycles. The normalized spacial score (nSPS) is 10.9. The summed E-state index contributed by atoms with van der Waals surface area (Å²) < 4.78 is 3.01. The zero-order chi connectivity index (χ0) is 21.1. The van der Waals surface area contributed by atoms with Crippen molar-refractivity contribution < 1.29 is 9.36 Å². The highest BCUT2D eigenvalue weighted by Crippen LogP contribution is 2.29. The summed E-state index contributed by atoms with van der Waals surface area (Å²) in [5.41, 5.74) is 1.59. The van der Waals surface area contributed by atoms with Crippen molar-refractivity contribution in [1.82, 2.24) is 15.0 Å². The first-order chi connectivity index (χ1) is 14.5. The third kappa shape index (κ3) is 4.32. The molecule has 2 aromatic carbocycles. The third-order valence-electron chi connectivity index (χ3n) is 4.43. The summed E-state index contributed by atoms with van der Waals surface area (Å²) in [6.07, 6.45) is 3.54. The first-order valence-electron chi connectivity index (χ1n) is 9.05. The predicted octanol–water partition coefficient (Wildman–Crippen LogP) is 3.07. The smallest absolute Gasteiger partial charge is 0.290 e. The van der Waals surface area contributed by atoms with Gasteiger partial charge in [-0.05, 0) is 30.3 Å². The lowest BCUT2D eigenvalue weighted by Gasteiger charge is -2.07. The summed E-state index contributed by atoms with van der Waals surface area (Å²) in [7, 11) is 0. The van der Waals surface area contributed by atoms with E-state index in [-0.39, 0.29) is 24.6 Å². The molecule has 0 unspecified atom stereocenters. The molecule has 1 amide bonds. The van der Waals surface area contributed by atoms with Gasteiger partial charge in [-0.25, -0.2) is 4.68 Å². The molecule has 0 saturated carbocycles. The Bertz CT molecular complexity index is 1310. The summed E-state index contributed by atoms with van der Waals surface area (Å²) in [5.74, 6) is -0.260. The van der Waals surface area contributed by atoms with Crippen molar-refractivity contribution in [2.24, 2.45) is 0 Å². The number of nitrogens with one attached hydrogen (secondary N) is 1. The number of anilines is 1. The topological polar surface area (TPSA) is 80.8 Å². The van der Waals surface area contributed by atoms with Gasteiger partial charge in [0, 0.05) is 11.6 Å². The van der Waals surface area contributed by atoms with Gasteiger partial charge >= 0.3 is 0 Å². The number of hydrogen-bond acceptors (Lipinski definition) is 4. The highest BCUT2D eigenvalue weighted by Gasteiger charge is 2.14. The highest BCUT2D eigenvalue weighted by atomic mass is 35.5. The Morgan fingerprint density at radius 1 is 1.07 bits per heavy atom. The molecule has 0 atom stereocenters. The van der Waals surface area contributed by atoms with Crippen molar-refractivity contribution in [3.8, 4) is 0 Å². The molecule has 1 N–H and O–H groups in total. The standard InChI is InChI=1S/C21H15Cl2N5O2/c22-16-7-3-9-18(20(16)23)24-19(29)13-27-10-4-5-14(11-27)12-28-21(30)15-6-1-2-8-17(15)25-26-28/h1-11H,12-13H2/p+1. The Morgan fingerprint density at radius 3 is 2.77 bits per heavy atom. The van der Waals surface area contributed by atoms with E-state index >= 15 is 0 Å². The summed E-state index contributed by atoms with van der Waals surface area (Å²) in [6, 6.07) is 15.8. The van der Waals surface area contributed by atoms with Gasteiger partial charge in [-0.1, -0.05) is 46.6 Å². The molecule has 0 aliphatic rings. The zero-order valence-corrected chi connectivity index (χ0v) is 17.1. The number of hydrogen-bond donors (Lipinski definition) is 1. The molecule has 2 aromatic heterocycles. The van der Waals surface area contributed by atoms with E-state index < -0.39 is 0 Å². The number of amides is 1. The van der Waals surface area contributed by atoms with E-state index in [1.54, 1.807) is 59.4 Å². The second-order valence-electron chi connectivity index (χ2n) is 6.60. The van der Waals surface area contributed by atoms with E-state index in [0.29, 0.717) is 26.6 Å². The second kappa shape index (κ2) is 8.61. The van der Waals surface area contributed by atoms with E-state index in [2.05, 4.69) is 15.6 Å². The maximum atomic E-state index is 12.6. The molecule has 0 spiro atoms. The van der Waals surface area contributed by atoms with Gasteiger partial charge in [0.15, 0.2) is 12.4 Å². The predicted molar refractivity (Wildman–Crippen MR) is 115 cm³/mol. The number of aromatic nitrogens is 4. The van der Waals surface area contributed by atoms with Gasteiger partial charge in [0.05, 0.1) is 27.7 Å². The van der Waals surface area contributed by atoms with Crippen molar-refractivity contribution in [3.63, 3.8) is 0 Å². The van der Waals surface area contributed by atoms with Crippen LogP contribution >= 0.6 is 23.2 Å². The lowest BCUT2D eigenvalue weighted by atomic mass is 10.2. The van der Waals surface area contributed by atoms with Crippen LogP contribution in [0.15, 0.2) is 71.8 Å². The average Bonchev–Trinajstić information content (AvgIpc) is 2.74. The van der Waals surface area contributed by atoms with E-state index in [1.807, 2.05) is 12.1 Å². The molecule has 0 aliphatic carbocycles. The van der Waals surface area contributed by atoms with E-state index in [1.165, 1.54) is 4.68 Å². The van der Waals surface area contributed by atoms with Crippen LogP contribution in [0.1, 0.15) is 5.56 Å². The highest BCUT2D eigenvalue weighted by molar-refractivity contribution is 6.43. The van der Waals surface area contributed by atoms with Crippen LogP contribution in [-0.2, 0) is 17.9 Å². The lowest BCUT2D eigenvalue weighted by molar-refractivity contribution is -0.684. The minimum Gasteiger partial charge on any atom is -0.319 e. The van der Waals surface area contributed by atoms with Crippen LogP contribution in [0, 0.1) is 0 Å². The number of carbonyl (C=O) groups is 1. The maximum Gasteiger partial charge on any atom is 0.290 e. The zero-order valence-electron chi connectivity index (χ0n) is 15.6. The summed E-state index contributed by atoms with van der Waals surface area (Å²) in [6.45, 7) is 0.300. The summed E-state index contributed by atoms with van der Waals surface area (Å²) in [5, 5.41) is 12.0. The largest absolute Gasteiger partial charge is 0.319 e. The minimum atomic E-state index is -0.260. The van der Waals surface area contributed by atoms with Crippen LogP contribution in [-0.4, -0.2) is 20.9 Å². The number of carbonyl (C=O) groups excluding carboxylic acids is 1. The average molecular weight is 441 g/mol. The molecular weight excluding hydrogens is 425 g/mol. The van der Waals surface area contributed by atoms with Gasteiger partial charge < -0.3 is 5.32 Å². The van der Waals surface area contributed by atoms with Crippen LogP contribution in [0.4, 0.5) is 5.69 Å². The molecule has 4 rings (SSSR count). The van der Waals surface area contributed by atoms with Crippen molar-refractivity contribution in [1.29, 1.82) is 0 Å². The quantitative estimate of drug-likeness (QED) is 0.483. The molecule has 30 heavy (non-hydrogen) atoms. The van der Waals surface area contributed by atoms with Crippen molar-refractivity contribution in [2.45, 2.75) is 13.1 Å². The van der Waals surface area contributed by atoms with Gasteiger partial charge in [0.1, 0.15) is 5.52 Å². The Kier molecular flexibility index (Phi) is 5.74. The summed E-state index contributed by atoms with van der Waals surface area (Å²) >= 11 is 12.1. The van der Waals surface area contributed by atoms with Gasteiger partial charge in [-0.15, -0.1) is 5.10 Å². The summed E-state index contributed by atoms with van der Waals surface area (Å²) in [4.78, 5) is 25.0. The van der Waals surface area contributed by atoms with E-state index in [4.69, 9.17) is 23.2 Å². The fourth-order valence-corrected chi connectivity index (χ4v) is 3.37. The number of rotatable bonds is 5. The Balaban J connectivity index is 1.50. The fraction of sp³-hybridized carbons (Fsp3) is 0.0952. The number of fused-ring (bicyclic) bond motifs is 1. The minimum absolute atomic E-state index is 0.0645. The monoisotopic (exact) mass is 440 g/mol. The molecule has 0 aliphatic heterocycles. The molecule has 0 radical (unpaired) electrons. The molecule has 4 aromatic rings. The molecule has 9 heteroatoms. The third-order valence-corrected chi connectivity index (χ3v) is 5.25.